The molecular formula is C20H29FN6O. The van der Waals surface area contributed by atoms with Crippen LogP contribution in [0.15, 0.2) is 24.3 Å². The standard InChI is InChI=1S/C20H29FN6O/c1-28-15-14-27-20(22-23-24-27)19(17-8-4-5-9-18(17)21)26-12-10-25(11-13-26)16-6-2-3-7-16/h4-5,8-9,16,19H,2-3,6-7,10-15H2,1H3/t19-/m1/s1. The second kappa shape index (κ2) is 9.07. The molecule has 0 N–H and O–H groups in total. The fourth-order valence-electron chi connectivity index (χ4n) is 4.57. The summed E-state index contributed by atoms with van der Waals surface area (Å²) in [6, 6.07) is 7.39. The van der Waals surface area contributed by atoms with Crippen LogP contribution in [0.2, 0.25) is 0 Å². The first kappa shape index (κ1) is 19.4. The predicted molar refractivity (Wildman–Crippen MR) is 103 cm³/mol. The van der Waals surface area contributed by atoms with Gasteiger partial charge in [0.2, 0.25) is 0 Å². The molecule has 1 atom stereocenters. The number of rotatable bonds is 7. The van der Waals surface area contributed by atoms with Crippen molar-refractivity contribution in [2.24, 2.45) is 0 Å². The zero-order chi connectivity index (χ0) is 19.3. The molecule has 1 aliphatic heterocycles. The van der Waals surface area contributed by atoms with Crippen LogP contribution in [0, 0.1) is 5.82 Å². The van der Waals surface area contributed by atoms with E-state index in [2.05, 4.69) is 25.3 Å². The van der Waals surface area contributed by atoms with E-state index in [1.807, 2.05) is 12.1 Å². The molecule has 28 heavy (non-hydrogen) atoms. The molecular weight excluding hydrogens is 359 g/mol. The van der Waals surface area contributed by atoms with Gasteiger partial charge in [-0.3, -0.25) is 9.80 Å². The van der Waals surface area contributed by atoms with Crippen LogP contribution in [0.5, 0.6) is 0 Å². The zero-order valence-corrected chi connectivity index (χ0v) is 16.5. The molecule has 1 saturated carbocycles. The van der Waals surface area contributed by atoms with Gasteiger partial charge in [0, 0.05) is 44.9 Å². The zero-order valence-electron chi connectivity index (χ0n) is 16.5. The van der Waals surface area contributed by atoms with E-state index < -0.39 is 0 Å². The average Bonchev–Trinajstić information content (AvgIpc) is 3.41. The molecule has 0 bridgehead atoms. The summed E-state index contributed by atoms with van der Waals surface area (Å²) >= 11 is 0. The number of hydrogen-bond acceptors (Lipinski definition) is 6. The first-order chi connectivity index (χ1) is 13.8. The number of tetrazole rings is 1. The van der Waals surface area contributed by atoms with Gasteiger partial charge >= 0.3 is 0 Å². The van der Waals surface area contributed by atoms with Crippen molar-refractivity contribution in [1.29, 1.82) is 0 Å². The summed E-state index contributed by atoms with van der Waals surface area (Å²) in [5.74, 6) is 0.462. The summed E-state index contributed by atoms with van der Waals surface area (Å²) in [6.07, 6.45) is 5.31. The van der Waals surface area contributed by atoms with Crippen molar-refractivity contribution in [3.63, 3.8) is 0 Å². The largest absolute Gasteiger partial charge is 0.383 e. The van der Waals surface area contributed by atoms with Crippen LogP contribution in [0.4, 0.5) is 4.39 Å². The lowest BCUT2D eigenvalue weighted by Gasteiger charge is -2.41. The van der Waals surface area contributed by atoms with Gasteiger partial charge in [-0.15, -0.1) is 5.10 Å². The van der Waals surface area contributed by atoms with Gasteiger partial charge in [-0.1, -0.05) is 31.0 Å². The Bertz CT molecular complexity index is 755. The molecule has 1 aliphatic carbocycles. The van der Waals surface area contributed by atoms with Crippen LogP contribution in [0.25, 0.3) is 0 Å². The summed E-state index contributed by atoms with van der Waals surface area (Å²) in [5.41, 5.74) is 0.630. The lowest BCUT2D eigenvalue weighted by molar-refractivity contribution is 0.0754. The average molecular weight is 388 g/mol. The number of benzene rings is 1. The summed E-state index contributed by atoms with van der Waals surface area (Å²) < 4.78 is 21.7. The van der Waals surface area contributed by atoms with Crippen LogP contribution < -0.4 is 0 Å². The molecule has 0 radical (unpaired) electrons. The Labute approximate surface area is 165 Å². The Morgan fingerprint density at radius 3 is 2.61 bits per heavy atom. The van der Waals surface area contributed by atoms with E-state index in [1.54, 1.807) is 17.9 Å². The third-order valence-electron chi connectivity index (χ3n) is 6.07. The summed E-state index contributed by atoms with van der Waals surface area (Å²) in [4.78, 5) is 4.93. The molecule has 7 nitrogen and oxygen atoms in total. The van der Waals surface area contributed by atoms with Crippen molar-refractivity contribution in [3.8, 4) is 0 Å². The van der Waals surface area contributed by atoms with Crippen molar-refractivity contribution >= 4 is 0 Å². The topological polar surface area (TPSA) is 59.3 Å². The van der Waals surface area contributed by atoms with Gasteiger partial charge in [0.05, 0.1) is 13.2 Å². The molecule has 0 unspecified atom stereocenters. The van der Waals surface area contributed by atoms with Crippen LogP contribution in [-0.2, 0) is 11.3 Å². The fraction of sp³-hybridized carbons (Fsp3) is 0.650. The molecule has 152 valence electrons. The van der Waals surface area contributed by atoms with Crippen LogP contribution in [0.3, 0.4) is 0 Å². The van der Waals surface area contributed by atoms with Gasteiger partial charge in [-0.2, -0.15) is 0 Å². The Morgan fingerprint density at radius 2 is 1.89 bits per heavy atom. The third-order valence-corrected chi connectivity index (χ3v) is 6.07. The number of halogens is 1. The number of hydrogen-bond donors (Lipinski definition) is 0. The van der Waals surface area contributed by atoms with E-state index in [0.29, 0.717) is 24.5 Å². The third kappa shape index (κ3) is 4.09. The maximum Gasteiger partial charge on any atom is 0.173 e. The summed E-state index contributed by atoms with van der Waals surface area (Å²) in [6.45, 7) is 4.84. The molecule has 1 saturated heterocycles. The fourth-order valence-corrected chi connectivity index (χ4v) is 4.57. The highest BCUT2D eigenvalue weighted by molar-refractivity contribution is 5.26. The predicted octanol–water partition coefficient (Wildman–Crippen LogP) is 2.11. The second-order valence-electron chi connectivity index (χ2n) is 7.69. The molecule has 2 heterocycles. The van der Waals surface area contributed by atoms with Gasteiger partial charge in [0.25, 0.3) is 0 Å². The Balaban J connectivity index is 1.58. The highest BCUT2D eigenvalue weighted by atomic mass is 19.1. The van der Waals surface area contributed by atoms with Gasteiger partial charge in [-0.25, -0.2) is 9.07 Å². The lowest BCUT2D eigenvalue weighted by Crippen LogP contribution is -2.51. The van der Waals surface area contributed by atoms with Crippen LogP contribution in [0.1, 0.15) is 43.1 Å². The highest BCUT2D eigenvalue weighted by Gasteiger charge is 2.34. The molecule has 2 fully saturated rings. The lowest BCUT2D eigenvalue weighted by atomic mass is 10.0. The molecule has 1 aromatic carbocycles. The molecule has 2 aromatic rings. The van der Waals surface area contributed by atoms with Crippen molar-refractivity contribution < 1.29 is 9.13 Å². The van der Waals surface area contributed by atoms with Crippen molar-refractivity contribution in [2.75, 3.05) is 39.9 Å². The maximum absolute atomic E-state index is 14.8. The second-order valence-corrected chi connectivity index (χ2v) is 7.69. The number of aromatic nitrogens is 4. The van der Waals surface area contributed by atoms with E-state index in [9.17, 15) is 4.39 Å². The molecule has 8 heteroatoms. The van der Waals surface area contributed by atoms with Crippen LogP contribution >= 0.6 is 0 Å². The molecule has 0 amide bonds. The minimum absolute atomic E-state index is 0.216. The van der Waals surface area contributed by atoms with Gasteiger partial charge in [0.15, 0.2) is 5.82 Å². The number of piperazine rings is 1. The first-order valence-corrected chi connectivity index (χ1v) is 10.3. The quantitative estimate of drug-likeness (QED) is 0.724. The first-order valence-electron chi connectivity index (χ1n) is 10.3. The van der Waals surface area contributed by atoms with E-state index in [-0.39, 0.29) is 11.9 Å². The van der Waals surface area contributed by atoms with E-state index in [1.165, 1.54) is 31.7 Å². The minimum Gasteiger partial charge on any atom is -0.383 e. The van der Waals surface area contributed by atoms with Gasteiger partial charge < -0.3 is 4.74 Å². The minimum atomic E-state index is -0.293. The SMILES string of the molecule is COCCn1nnnc1[C@@H](c1ccccc1F)N1CCN(C2CCCC2)CC1. The molecule has 0 spiro atoms. The smallest absolute Gasteiger partial charge is 0.173 e. The van der Waals surface area contributed by atoms with Crippen LogP contribution in [-0.4, -0.2) is 75.9 Å². The Kier molecular flexibility index (Phi) is 6.29. The normalized spacial score (nSPS) is 20.6. The van der Waals surface area contributed by atoms with Crippen molar-refractivity contribution in [1.82, 2.24) is 30.0 Å². The molecule has 1 aromatic heterocycles. The van der Waals surface area contributed by atoms with E-state index in [0.717, 1.165) is 32.2 Å². The number of ether oxygens (including phenoxy) is 1. The van der Waals surface area contributed by atoms with E-state index >= 15 is 0 Å². The molecule has 4 rings (SSSR count). The Morgan fingerprint density at radius 1 is 1.14 bits per heavy atom. The maximum atomic E-state index is 14.8. The summed E-state index contributed by atoms with van der Waals surface area (Å²) in [7, 11) is 1.65. The van der Waals surface area contributed by atoms with Crippen molar-refractivity contribution in [3.05, 3.63) is 41.5 Å². The van der Waals surface area contributed by atoms with Gasteiger partial charge in [0.1, 0.15) is 11.9 Å². The van der Waals surface area contributed by atoms with E-state index in [4.69, 9.17) is 4.74 Å². The Hall–Kier alpha value is -1.90. The highest BCUT2D eigenvalue weighted by Crippen LogP contribution is 2.31. The number of nitrogens with zero attached hydrogens (tertiary/aromatic N) is 6. The summed E-state index contributed by atoms with van der Waals surface area (Å²) in [5, 5.41) is 12.3. The van der Waals surface area contributed by atoms with Crippen molar-refractivity contribution in [2.45, 2.75) is 44.3 Å². The monoisotopic (exact) mass is 388 g/mol. The number of methoxy groups -OCH3 is 1. The van der Waals surface area contributed by atoms with Gasteiger partial charge in [-0.05, 0) is 29.3 Å². The molecule has 2 aliphatic rings.